The van der Waals surface area contributed by atoms with Crippen LogP contribution < -0.4 is 0 Å². The Morgan fingerprint density at radius 3 is 1.82 bits per heavy atom. The van der Waals surface area contributed by atoms with Crippen LogP contribution in [0.25, 0.3) is 110 Å². The molecule has 0 radical (unpaired) electrons. The molecule has 4 heterocycles. The number of fused-ring (bicyclic) bond motifs is 14. The molecule has 0 atom stereocenters. The minimum Gasteiger partial charge on any atom is -0.307 e. The summed E-state index contributed by atoms with van der Waals surface area (Å²) in [6.07, 6.45) is 0. The van der Waals surface area contributed by atoms with Crippen molar-refractivity contribution in [2.75, 3.05) is 0 Å². The molecule has 230 valence electrons. The van der Waals surface area contributed by atoms with Crippen LogP contribution in [0.15, 0.2) is 158 Å². The summed E-state index contributed by atoms with van der Waals surface area (Å²) in [5.74, 6) is 0.670. The van der Waals surface area contributed by atoms with Crippen molar-refractivity contribution in [2.45, 2.75) is 0 Å². The summed E-state index contributed by atoms with van der Waals surface area (Å²) >= 11 is 0. The fourth-order valence-electron chi connectivity index (χ4n) is 8.80. The van der Waals surface area contributed by atoms with Crippen molar-refractivity contribution in [3.05, 3.63) is 158 Å². The van der Waals surface area contributed by atoms with E-state index in [4.69, 9.17) is 9.97 Å². The molecule has 0 aliphatic carbocycles. The van der Waals surface area contributed by atoms with Gasteiger partial charge in [0.15, 0.2) is 0 Å². The maximum atomic E-state index is 5.43. The van der Waals surface area contributed by atoms with Crippen molar-refractivity contribution >= 4 is 92.3 Å². The van der Waals surface area contributed by atoms with Crippen molar-refractivity contribution in [3.8, 4) is 17.2 Å². The molecule has 0 bridgehead atoms. The summed E-state index contributed by atoms with van der Waals surface area (Å²) in [6.45, 7) is 0. The summed E-state index contributed by atoms with van der Waals surface area (Å²) in [4.78, 5) is 10.7. The number of para-hydroxylation sites is 4. The van der Waals surface area contributed by atoms with Gasteiger partial charge in [0.1, 0.15) is 0 Å². The number of hydrogen-bond acceptors (Lipinski definition) is 2. The van der Waals surface area contributed by atoms with Gasteiger partial charge in [-0.3, -0.25) is 4.57 Å². The predicted molar refractivity (Wildman–Crippen MR) is 209 cm³/mol. The first-order valence-corrected chi connectivity index (χ1v) is 17.1. The van der Waals surface area contributed by atoms with Crippen LogP contribution in [0.5, 0.6) is 0 Å². The highest BCUT2D eigenvalue weighted by atomic mass is 15.2. The van der Waals surface area contributed by atoms with E-state index >= 15 is 0 Å². The van der Waals surface area contributed by atoms with E-state index in [0.717, 1.165) is 33.2 Å². The highest BCUT2D eigenvalue weighted by Gasteiger charge is 2.22. The topological polar surface area (TPSA) is 35.1 Å². The first-order chi connectivity index (χ1) is 24.8. The summed E-state index contributed by atoms with van der Waals surface area (Å²) in [5, 5.41) is 13.5. The van der Waals surface area contributed by atoms with Crippen LogP contribution in [0.4, 0.5) is 0 Å². The molecule has 0 saturated carbocycles. The lowest BCUT2D eigenvalue weighted by molar-refractivity contribution is 1.01. The van der Waals surface area contributed by atoms with E-state index < -0.39 is 0 Å². The molecule has 0 aliphatic heterocycles. The number of hydrogen-bond donors (Lipinski definition) is 0. The van der Waals surface area contributed by atoms with Gasteiger partial charge in [-0.25, -0.2) is 9.97 Å². The van der Waals surface area contributed by atoms with Crippen LogP contribution in [-0.2, 0) is 0 Å². The molecule has 8 aromatic carbocycles. The largest absolute Gasteiger partial charge is 0.307 e. The number of aromatic nitrogens is 4. The summed E-state index contributed by atoms with van der Waals surface area (Å²) in [7, 11) is 0. The molecular formula is C46H26N4. The summed E-state index contributed by atoms with van der Waals surface area (Å²) in [6, 6.07) is 56.8. The van der Waals surface area contributed by atoms with E-state index in [1.807, 2.05) is 0 Å². The van der Waals surface area contributed by atoms with E-state index in [-0.39, 0.29) is 0 Å². The number of nitrogens with zero attached hydrogens (tertiary/aromatic N) is 4. The van der Waals surface area contributed by atoms with Crippen molar-refractivity contribution in [2.24, 2.45) is 0 Å². The Balaban J connectivity index is 1.22. The Bertz CT molecular complexity index is 3380. The molecule has 4 aromatic heterocycles. The second-order valence-corrected chi connectivity index (χ2v) is 13.3. The van der Waals surface area contributed by atoms with Crippen LogP contribution in [0.3, 0.4) is 0 Å². The maximum absolute atomic E-state index is 5.43. The third-order valence-corrected chi connectivity index (χ3v) is 10.9. The zero-order valence-corrected chi connectivity index (χ0v) is 26.8. The zero-order valence-electron chi connectivity index (χ0n) is 26.8. The zero-order chi connectivity index (χ0) is 32.5. The highest BCUT2D eigenvalue weighted by Crippen LogP contribution is 2.44. The minimum absolute atomic E-state index is 0.670. The van der Waals surface area contributed by atoms with Crippen LogP contribution in [0.2, 0.25) is 0 Å². The Kier molecular flexibility index (Phi) is 4.94. The lowest BCUT2D eigenvalue weighted by atomic mass is 9.99. The Labute approximate surface area is 285 Å². The van der Waals surface area contributed by atoms with Crippen molar-refractivity contribution in [1.82, 2.24) is 18.9 Å². The number of benzene rings is 8. The van der Waals surface area contributed by atoms with E-state index in [1.165, 1.54) is 70.4 Å². The van der Waals surface area contributed by atoms with Gasteiger partial charge in [0.2, 0.25) is 5.95 Å². The molecule has 0 N–H and O–H groups in total. The molecule has 4 nitrogen and oxygen atoms in total. The van der Waals surface area contributed by atoms with Gasteiger partial charge in [-0.1, -0.05) is 133 Å². The van der Waals surface area contributed by atoms with Gasteiger partial charge >= 0.3 is 0 Å². The molecule has 4 heteroatoms. The third kappa shape index (κ3) is 3.25. The molecule has 0 saturated heterocycles. The van der Waals surface area contributed by atoms with Gasteiger partial charge in [0.25, 0.3) is 0 Å². The first kappa shape index (κ1) is 26.2. The second kappa shape index (κ2) is 9.43. The lowest BCUT2D eigenvalue weighted by Gasteiger charge is -2.13. The van der Waals surface area contributed by atoms with Gasteiger partial charge in [0.05, 0.1) is 38.8 Å². The van der Waals surface area contributed by atoms with Crippen molar-refractivity contribution < 1.29 is 0 Å². The van der Waals surface area contributed by atoms with Gasteiger partial charge in [-0.05, 0) is 40.4 Å². The van der Waals surface area contributed by atoms with Gasteiger partial charge in [-0.15, -0.1) is 0 Å². The molecule has 50 heavy (non-hydrogen) atoms. The average Bonchev–Trinajstić information content (AvgIpc) is 3.82. The average molecular weight is 635 g/mol. The van der Waals surface area contributed by atoms with E-state index in [0.29, 0.717) is 5.95 Å². The Hall–Kier alpha value is -6.78. The van der Waals surface area contributed by atoms with Crippen molar-refractivity contribution in [3.63, 3.8) is 0 Å². The normalized spacial score (nSPS) is 12.4. The fourth-order valence-corrected chi connectivity index (χ4v) is 8.80. The summed E-state index contributed by atoms with van der Waals surface area (Å²) in [5.41, 5.74) is 8.95. The molecule has 12 rings (SSSR count). The molecule has 0 spiro atoms. The van der Waals surface area contributed by atoms with Gasteiger partial charge < -0.3 is 4.40 Å². The van der Waals surface area contributed by atoms with Crippen LogP contribution in [0.1, 0.15) is 0 Å². The second-order valence-electron chi connectivity index (χ2n) is 13.3. The van der Waals surface area contributed by atoms with E-state index in [2.05, 4.69) is 167 Å². The van der Waals surface area contributed by atoms with Crippen molar-refractivity contribution in [1.29, 1.82) is 0 Å². The minimum atomic E-state index is 0.670. The number of rotatable bonds is 2. The molecule has 0 amide bonds. The Morgan fingerprint density at radius 1 is 0.360 bits per heavy atom. The quantitative estimate of drug-likeness (QED) is 0.190. The summed E-state index contributed by atoms with van der Waals surface area (Å²) < 4.78 is 4.75. The third-order valence-electron chi connectivity index (χ3n) is 10.9. The van der Waals surface area contributed by atoms with E-state index in [1.54, 1.807) is 0 Å². The molecule has 0 unspecified atom stereocenters. The molecule has 12 aromatic rings. The maximum Gasteiger partial charge on any atom is 0.235 e. The van der Waals surface area contributed by atoms with Crippen LogP contribution in [0, 0.1) is 0 Å². The lowest BCUT2D eigenvalue weighted by Crippen LogP contribution is -2.03. The molecule has 0 aliphatic rings. The first-order valence-electron chi connectivity index (χ1n) is 17.1. The predicted octanol–water partition coefficient (Wildman–Crippen LogP) is 11.9. The highest BCUT2D eigenvalue weighted by molar-refractivity contribution is 6.31. The Morgan fingerprint density at radius 2 is 0.940 bits per heavy atom. The SMILES string of the molecule is c1ccc2c(-c3nc(-n4c5ccccc5c5c6ccc7c8cccc9c%10ccccc%10n(c7c6ccc54)c98)nc4ccccc34)cccc2c1. The van der Waals surface area contributed by atoms with Gasteiger partial charge in [-0.2, -0.15) is 0 Å². The molecule has 0 fully saturated rings. The van der Waals surface area contributed by atoms with Gasteiger partial charge in [0, 0.05) is 48.7 Å². The fraction of sp³-hybridized carbons (Fsp3) is 0. The smallest absolute Gasteiger partial charge is 0.235 e. The van der Waals surface area contributed by atoms with E-state index in [9.17, 15) is 0 Å². The standard InChI is InChI=1S/C46H26N4/c1-2-13-28-27(11-1)12-9-17-31(28)43-36-15-3-6-20-38(36)47-46(48-43)49-40-22-8-5-16-37(40)42-30-23-24-35-33-19-10-18-32-29-14-4-7-21-39(29)50(44(32)33)45(35)34(30)25-26-41(42)49/h1-26H. The monoisotopic (exact) mass is 634 g/mol. The van der Waals surface area contributed by atoms with Crippen LogP contribution >= 0.6 is 0 Å². The van der Waals surface area contributed by atoms with Crippen LogP contribution in [-0.4, -0.2) is 18.9 Å². The molecular weight excluding hydrogens is 609 g/mol.